The average Bonchev–Trinajstić information content (AvgIpc) is 2.35. The number of rotatable bonds is 2. The molecule has 1 aliphatic heterocycles. The number of halogens is 3. The molecule has 6 heteroatoms. The number of hydrogen-bond acceptors (Lipinski definition) is 3. The molecular formula is C13H16F3NO2. The first kappa shape index (κ1) is 14.0. The number of nitrogens with one attached hydrogen (secondary N) is 1. The van der Waals surface area contributed by atoms with Gasteiger partial charge in [0.2, 0.25) is 0 Å². The van der Waals surface area contributed by atoms with Crippen molar-refractivity contribution in [2.24, 2.45) is 5.92 Å². The third-order valence-corrected chi connectivity index (χ3v) is 3.51. The van der Waals surface area contributed by atoms with E-state index in [-0.39, 0.29) is 0 Å². The molecule has 2 rings (SSSR count). The molecular weight excluding hydrogens is 259 g/mol. The highest BCUT2D eigenvalue weighted by atomic mass is 19.4. The van der Waals surface area contributed by atoms with Crippen LogP contribution in [-0.4, -0.2) is 23.3 Å². The Kier molecular flexibility index (Phi) is 3.89. The summed E-state index contributed by atoms with van der Waals surface area (Å²) in [5.41, 5.74) is -0.823. The number of alkyl halides is 3. The van der Waals surface area contributed by atoms with E-state index < -0.39 is 23.2 Å². The molecule has 3 N–H and O–H groups in total. The van der Waals surface area contributed by atoms with E-state index in [1.165, 1.54) is 6.07 Å². The van der Waals surface area contributed by atoms with Crippen LogP contribution in [0.4, 0.5) is 13.2 Å². The van der Waals surface area contributed by atoms with Gasteiger partial charge in [-0.25, -0.2) is 0 Å². The molecule has 0 atom stereocenters. The molecule has 1 saturated heterocycles. The molecule has 0 spiro atoms. The SMILES string of the molecule is Oc1c(CC2CCNCC2)ccc(C(F)(F)F)c1O. The summed E-state index contributed by atoms with van der Waals surface area (Å²) < 4.78 is 37.6. The predicted octanol–water partition coefficient (Wildman–Crippen LogP) is 2.66. The second-order valence-corrected chi connectivity index (χ2v) is 4.86. The fraction of sp³-hybridized carbons (Fsp3) is 0.538. The minimum absolute atomic E-state index is 0.322. The fourth-order valence-electron chi connectivity index (χ4n) is 2.41. The largest absolute Gasteiger partial charge is 0.504 e. The van der Waals surface area contributed by atoms with Gasteiger partial charge < -0.3 is 15.5 Å². The number of hydrogen-bond donors (Lipinski definition) is 3. The zero-order valence-electron chi connectivity index (χ0n) is 10.3. The molecule has 0 bridgehead atoms. The maximum absolute atomic E-state index is 12.5. The van der Waals surface area contributed by atoms with Crippen LogP contribution < -0.4 is 5.32 Å². The van der Waals surface area contributed by atoms with E-state index in [9.17, 15) is 23.4 Å². The number of benzene rings is 1. The minimum Gasteiger partial charge on any atom is -0.504 e. The fourth-order valence-corrected chi connectivity index (χ4v) is 2.41. The second kappa shape index (κ2) is 5.28. The molecule has 1 aliphatic rings. The van der Waals surface area contributed by atoms with Crippen molar-refractivity contribution in [3.05, 3.63) is 23.3 Å². The summed E-state index contributed by atoms with van der Waals surface area (Å²) >= 11 is 0. The molecule has 0 unspecified atom stereocenters. The first-order valence-corrected chi connectivity index (χ1v) is 6.21. The van der Waals surface area contributed by atoms with Crippen molar-refractivity contribution in [3.63, 3.8) is 0 Å². The summed E-state index contributed by atoms with van der Waals surface area (Å²) in [5.74, 6) is -1.39. The maximum atomic E-state index is 12.5. The predicted molar refractivity (Wildman–Crippen MR) is 64.1 cm³/mol. The maximum Gasteiger partial charge on any atom is 0.420 e. The Morgan fingerprint density at radius 1 is 1.11 bits per heavy atom. The van der Waals surface area contributed by atoms with Crippen LogP contribution in [0.3, 0.4) is 0 Å². The average molecular weight is 275 g/mol. The van der Waals surface area contributed by atoms with Gasteiger partial charge in [-0.3, -0.25) is 0 Å². The molecule has 1 heterocycles. The highest BCUT2D eigenvalue weighted by Crippen LogP contribution is 2.42. The topological polar surface area (TPSA) is 52.5 Å². The Morgan fingerprint density at radius 2 is 1.74 bits per heavy atom. The minimum atomic E-state index is -4.66. The lowest BCUT2D eigenvalue weighted by molar-refractivity contribution is -0.138. The smallest absolute Gasteiger partial charge is 0.420 e. The van der Waals surface area contributed by atoms with Gasteiger partial charge in [-0.05, 0) is 49.9 Å². The zero-order chi connectivity index (χ0) is 14.0. The van der Waals surface area contributed by atoms with E-state index in [1.54, 1.807) is 0 Å². The third kappa shape index (κ3) is 3.12. The lowest BCUT2D eigenvalue weighted by Gasteiger charge is -2.23. The molecule has 1 aromatic rings. The van der Waals surface area contributed by atoms with Gasteiger partial charge in [0.25, 0.3) is 0 Å². The van der Waals surface area contributed by atoms with Crippen LogP contribution in [0.2, 0.25) is 0 Å². The lowest BCUT2D eigenvalue weighted by Crippen LogP contribution is -2.28. The molecule has 0 amide bonds. The number of phenols is 2. The van der Waals surface area contributed by atoms with Gasteiger partial charge in [0.1, 0.15) is 5.56 Å². The normalized spacial score (nSPS) is 17.6. The molecule has 1 aromatic carbocycles. The van der Waals surface area contributed by atoms with Crippen LogP contribution in [0, 0.1) is 5.92 Å². The molecule has 0 saturated carbocycles. The zero-order valence-corrected chi connectivity index (χ0v) is 10.3. The van der Waals surface area contributed by atoms with Crippen molar-refractivity contribution in [2.75, 3.05) is 13.1 Å². The standard InChI is InChI=1S/C13H16F3NO2/c14-13(15,16)10-2-1-9(11(18)12(10)19)7-8-3-5-17-6-4-8/h1-2,8,17-19H,3-7H2. The van der Waals surface area contributed by atoms with Crippen molar-refractivity contribution >= 4 is 0 Å². The Balaban J connectivity index is 2.21. The molecule has 19 heavy (non-hydrogen) atoms. The molecule has 0 radical (unpaired) electrons. The lowest BCUT2D eigenvalue weighted by atomic mass is 9.90. The monoisotopic (exact) mass is 275 g/mol. The molecule has 106 valence electrons. The van der Waals surface area contributed by atoms with Crippen molar-refractivity contribution in [3.8, 4) is 11.5 Å². The molecule has 0 aliphatic carbocycles. The summed E-state index contributed by atoms with van der Waals surface area (Å²) in [4.78, 5) is 0. The van der Waals surface area contributed by atoms with E-state index in [2.05, 4.69) is 5.32 Å². The highest BCUT2D eigenvalue weighted by Gasteiger charge is 2.35. The highest BCUT2D eigenvalue weighted by molar-refractivity contribution is 5.51. The first-order chi connectivity index (χ1) is 8.89. The first-order valence-electron chi connectivity index (χ1n) is 6.21. The van der Waals surface area contributed by atoms with Crippen molar-refractivity contribution < 1.29 is 23.4 Å². The summed E-state index contributed by atoms with van der Waals surface area (Å²) in [6.45, 7) is 1.75. The van der Waals surface area contributed by atoms with E-state index in [4.69, 9.17) is 0 Å². The van der Waals surface area contributed by atoms with Crippen LogP contribution in [0.15, 0.2) is 12.1 Å². The van der Waals surface area contributed by atoms with Gasteiger partial charge >= 0.3 is 6.18 Å². The van der Waals surface area contributed by atoms with E-state index in [1.807, 2.05) is 0 Å². The van der Waals surface area contributed by atoms with Crippen LogP contribution in [0.5, 0.6) is 11.5 Å². The Hall–Kier alpha value is -1.43. The number of aromatic hydroxyl groups is 2. The van der Waals surface area contributed by atoms with Gasteiger partial charge in [0, 0.05) is 0 Å². The van der Waals surface area contributed by atoms with Crippen LogP contribution >= 0.6 is 0 Å². The Bertz CT molecular complexity index is 454. The van der Waals surface area contributed by atoms with E-state index in [0.29, 0.717) is 17.9 Å². The van der Waals surface area contributed by atoms with Gasteiger partial charge in [-0.15, -0.1) is 0 Å². The van der Waals surface area contributed by atoms with Crippen molar-refractivity contribution in [1.82, 2.24) is 5.32 Å². The Morgan fingerprint density at radius 3 is 2.32 bits per heavy atom. The van der Waals surface area contributed by atoms with Gasteiger partial charge in [0.15, 0.2) is 11.5 Å². The van der Waals surface area contributed by atoms with E-state index >= 15 is 0 Å². The summed E-state index contributed by atoms with van der Waals surface area (Å²) in [7, 11) is 0. The number of phenolic OH excluding ortho intramolecular Hbond substituents is 2. The van der Waals surface area contributed by atoms with Crippen molar-refractivity contribution in [1.29, 1.82) is 0 Å². The van der Waals surface area contributed by atoms with Gasteiger partial charge in [-0.1, -0.05) is 6.07 Å². The molecule has 0 aromatic heterocycles. The van der Waals surface area contributed by atoms with Crippen LogP contribution in [0.25, 0.3) is 0 Å². The molecule has 1 fully saturated rings. The second-order valence-electron chi connectivity index (χ2n) is 4.86. The summed E-state index contributed by atoms with van der Waals surface area (Å²) in [5, 5.41) is 22.4. The summed E-state index contributed by atoms with van der Waals surface area (Å²) in [6.07, 6.45) is -2.34. The third-order valence-electron chi connectivity index (χ3n) is 3.51. The Labute approximate surface area is 109 Å². The van der Waals surface area contributed by atoms with E-state index in [0.717, 1.165) is 32.0 Å². The quantitative estimate of drug-likeness (QED) is 0.727. The van der Waals surface area contributed by atoms with Crippen LogP contribution in [0.1, 0.15) is 24.0 Å². The van der Waals surface area contributed by atoms with Gasteiger partial charge in [-0.2, -0.15) is 13.2 Å². The summed E-state index contributed by atoms with van der Waals surface area (Å²) in [6, 6.07) is 2.07. The number of piperidine rings is 1. The van der Waals surface area contributed by atoms with Crippen molar-refractivity contribution in [2.45, 2.75) is 25.4 Å². The molecule has 3 nitrogen and oxygen atoms in total. The van der Waals surface area contributed by atoms with Crippen LogP contribution in [-0.2, 0) is 12.6 Å². The van der Waals surface area contributed by atoms with Gasteiger partial charge in [0.05, 0.1) is 0 Å².